The van der Waals surface area contributed by atoms with Crippen molar-refractivity contribution in [1.29, 1.82) is 0 Å². The smallest absolute Gasteiger partial charge is 0.416 e. The lowest BCUT2D eigenvalue weighted by molar-refractivity contribution is -0.137. The van der Waals surface area contributed by atoms with E-state index in [0.717, 1.165) is 31.1 Å². The van der Waals surface area contributed by atoms with Crippen LogP contribution in [0.15, 0.2) is 30.3 Å². The van der Waals surface area contributed by atoms with Crippen LogP contribution in [0.2, 0.25) is 0 Å². The van der Waals surface area contributed by atoms with E-state index in [9.17, 15) is 13.2 Å². The number of aromatic nitrogens is 2. The molecule has 0 unspecified atom stereocenters. The number of hydrogen-bond acceptors (Lipinski definition) is 7. The van der Waals surface area contributed by atoms with Crippen molar-refractivity contribution in [2.45, 2.75) is 38.9 Å². The van der Waals surface area contributed by atoms with E-state index in [1.54, 1.807) is 27.0 Å². The Hall–Kier alpha value is -3.27. The zero-order valence-corrected chi connectivity index (χ0v) is 20.9. The molecule has 0 amide bonds. The number of nitrogens with two attached hydrogens (primary N) is 1. The van der Waals surface area contributed by atoms with Gasteiger partial charge in [-0.25, -0.2) is 9.97 Å². The first-order chi connectivity index (χ1) is 17.0. The number of benzene rings is 2. The molecular formula is C26H32F3N5O2. The van der Waals surface area contributed by atoms with E-state index in [2.05, 4.69) is 27.2 Å². The van der Waals surface area contributed by atoms with Crippen LogP contribution in [0.25, 0.3) is 10.9 Å². The van der Waals surface area contributed by atoms with Crippen LogP contribution in [0.4, 0.5) is 24.7 Å². The van der Waals surface area contributed by atoms with Crippen molar-refractivity contribution in [1.82, 2.24) is 14.9 Å². The fraction of sp³-hybridized carbons (Fsp3) is 0.462. The van der Waals surface area contributed by atoms with Gasteiger partial charge in [-0.3, -0.25) is 0 Å². The minimum absolute atomic E-state index is 0.0456. The lowest BCUT2D eigenvalue weighted by atomic mass is 10.0. The average Bonchev–Trinajstić information content (AvgIpc) is 3.61. The Kier molecular flexibility index (Phi) is 7.44. The monoisotopic (exact) mass is 503 g/mol. The zero-order valence-electron chi connectivity index (χ0n) is 20.9. The van der Waals surface area contributed by atoms with Crippen LogP contribution in [0.5, 0.6) is 11.5 Å². The van der Waals surface area contributed by atoms with Crippen molar-refractivity contribution in [3.8, 4) is 11.5 Å². The van der Waals surface area contributed by atoms with Crippen molar-refractivity contribution in [3.05, 3.63) is 47.3 Å². The number of likely N-dealkylation sites (N-methyl/N-ethyl adjacent to an activating group) is 1. The molecule has 4 rings (SSSR count). The number of methoxy groups -OCH3 is 1. The summed E-state index contributed by atoms with van der Waals surface area (Å²) in [5.74, 6) is 2.90. The summed E-state index contributed by atoms with van der Waals surface area (Å²) < 4.78 is 51.5. The van der Waals surface area contributed by atoms with Gasteiger partial charge in [-0.2, -0.15) is 13.2 Å². The van der Waals surface area contributed by atoms with E-state index >= 15 is 0 Å². The number of nitrogens with zero attached hydrogens (tertiary/aromatic N) is 3. The molecule has 2 aromatic carbocycles. The number of rotatable bonds is 10. The predicted octanol–water partition coefficient (Wildman–Crippen LogP) is 5.44. The standard InChI is InChI=1S/C26H32F3N5O2/c1-15(18-9-19(26(27,28)29)11-20(30)10-18)31-25-21-12-24(36-8-7-34(3)14-17-5-6-17)23(35-4)13-22(21)32-16(2)33-25/h9-13,15,17H,5-8,14,30H2,1-4H3,(H,31,32,33)/t15-/m1/s1. The number of aryl methyl sites for hydroxylation is 1. The second-order valence-corrected chi connectivity index (χ2v) is 9.45. The Morgan fingerprint density at radius 1 is 1.14 bits per heavy atom. The molecule has 1 aliphatic carbocycles. The Labute approximate surface area is 208 Å². The molecular weight excluding hydrogens is 471 g/mol. The third kappa shape index (κ3) is 6.29. The van der Waals surface area contributed by atoms with Gasteiger partial charge in [0.1, 0.15) is 18.2 Å². The van der Waals surface area contributed by atoms with Crippen molar-refractivity contribution >= 4 is 22.4 Å². The number of hydrogen-bond donors (Lipinski definition) is 2. The third-order valence-corrected chi connectivity index (χ3v) is 6.25. The first kappa shape index (κ1) is 25.8. The lowest BCUT2D eigenvalue weighted by Crippen LogP contribution is -2.26. The molecule has 194 valence electrons. The van der Waals surface area contributed by atoms with Crippen molar-refractivity contribution in [2.24, 2.45) is 5.92 Å². The number of nitrogen functional groups attached to an aromatic ring is 1. The van der Waals surface area contributed by atoms with E-state index in [1.807, 2.05) is 6.07 Å². The first-order valence-corrected chi connectivity index (χ1v) is 12.0. The first-order valence-electron chi connectivity index (χ1n) is 12.0. The van der Waals surface area contributed by atoms with Gasteiger partial charge < -0.3 is 25.4 Å². The van der Waals surface area contributed by atoms with Crippen LogP contribution < -0.4 is 20.5 Å². The van der Waals surface area contributed by atoms with Crippen LogP contribution in [0, 0.1) is 12.8 Å². The summed E-state index contributed by atoms with van der Waals surface area (Å²) in [7, 11) is 3.65. The molecule has 1 saturated carbocycles. The molecule has 3 aromatic rings. The van der Waals surface area contributed by atoms with Gasteiger partial charge in [0.05, 0.1) is 24.2 Å². The summed E-state index contributed by atoms with van der Waals surface area (Å²) in [4.78, 5) is 11.3. The van der Waals surface area contributed by atoms with Gasteiger partial charge >= 0.3 is 6.18 Å². The molecule has 1 aromatic heterocycles. The summed E-state index contributed by atoms with van der Waals surface area (Å²) in [6, 6.07) is 6.64. The molecule has 1 aliphatic rings. The Morgan fingerprint density at radius 3 is 2.56 bits per heavy atom. The number of fused-ring (bicyclic) bond motifs is 1. The van der Waals surface area contributed by atoms with Gasteiger partial charge in [0.25, 0.3) is 0 Å². The Balaban J connectivity index is 1.60. The maximum Gasteiger partial charge on any atom is 0.416 e. The quantitative estimate of drug-likeness (QED) is 0.356. The van der Waals surface area contributed by atoms with E-state index in [4.69, 9.17) is 15.2 Å². The molecule has 0 aliphatic heterocycles. The highest BCUT2D eigenvalue weighted by Crippen LogP contribution is 2.37. The topological polar surface area (TPSA) is 85.5 Å². The predicted molar refractivity (Wildman–Crippen MR) is 134 cm³/mol. The second kappa shape index (κ2) is 10.4. The SMILES string of the molecule is COc1cc2nc(C)nc(N[C@H](C)c3cc(N)cc(C(F)(F)F)c3)c2cc1OCCN(C)CC1CC1. The molecule has 1 fully saturated rings. The van der Waals surface area contributed by atoms with Crippen molar-refractivity contribution in [2.75, 3.05) is 44.9 Å². The summed E-state index contributed by atoms with van der Waals surface area (Å²) in [6.07, 6.45) is -1.90. The highest BCUT2D eigenvalue weighted by atomic mass is 19.4. The average molecular weight is 504 g/mol. The number of halogens is 3. The summed E-state index contributed by atoms with van der Waals surface area (Å²) in [5, 5.41) is 3.91. The van der Waals surface area contributed by atoms with Gasteiger partial charge in [0.15, 0.2) is 11.5 Å². The molecule has 3 N–H and O–H groups in total. The maximum atomic E-state index is 13.3. The Bertz CT molecular complexity index is 1230. The largest absolute Gasteiger partial charge is 0.493 e. The molecule has 10 heteroatoms. The minimum atomic E-state index is -4.49. The zero-order chi connectivity index (χ0) is 26.0. The fourth-order valence-corrected chi connectivity index (χ4v) is 4.16. The van der Waals surface area contributed by atoms with Gasteiger partial charge in [0, 0.05) is 30.2 Å². The van der Waals surface area contributed by atoms with Crippen LogP contribution in [0.3, 0.4) is 0 Å². The molecule has 0 saturated heterocycles. The summed E-state index contributed by atoms with van der Waals surface area (Å²) in [5.41, 5.74) is 6.05. The number of anilines is 2. The van der Waals surface area contributed by atoms with Crippen LogP contribution in [0.1, 0.15) is 42.8 Å². The molecule has 0 bridgehead atoms. The van der Waals surface area contributed by atoms with Gasteiger partial charge in [-0.1, -0.05) is 0 Å². The van der Waals surface area contributed by atoms with E-state index < -0.39 is 17.8 Å². The minimum Gasteiger partial charge on any atom is -0.493 e. The summed E-state index contributed by atoms with van der Waals surface area (Å²) in [6.45, 7) is 5.85. The molecule has 7 nitrogen and oxygen atoms in total. The van der Waals surface area contributed by atoms with E-state index in [0.29, 0.717) is 46.2 Å². The van der Waals surface area contributed by atoms with Crippen LogP contribution in [-0.2, 0) is 6.18 Å². The van der Waals surface area contributed by atoms with Crippen LogP contribution >= 0.6 is 0 Å². The van der Waals surface area contributed by atoms with Crippen LogP contribution in [-0.4, -0.2) is 48.7 Å². The molecule has 0 spiro atoms. The normalized spacial score (nSPS) is 14.8. The molecule has 1 heterocycles. The number of alkyl halides is 3. The molecule has 36 heavy (non-hydrogen) atoms. The van der Waals surface area contributed by atoms with E-state index in [-0.39, 0.29) is 5.69 Å². The highest BCUT2D eigenvalue weighted by molar-refractivity contribution is 5.92. The second-order valence-electron chi connectivity index (χ2n) is 9.45. The third-order valence-electron chi connectivity index (χ3n) is 6.25. The molecule has 0 radical (unpaired) electrons. The summed E-state index contributed by atoms with van der Waals surface area (Å²) >= 11 is 0. The molecule has 1 atom stereocenters. The highest BCUT2D eigenvalue weighted by Gasteiger charge is 2.31. The van der Waals surface area contributed by atoms with E-state index in [1.165, 1.54) is 18.9 Å². The van der Waals surface area contributed by atoms with Crippen molar-refractivity contribution in [3.63, 3.8) is 0 Å². The maximum absolute atomic E-state index is 13.3. The number of ether oxygens (including phenoxy) is 2. The van der Waals surface area contributed by atoms with Gasteiger partial charge in [-0.15, -0.1) is 0 Å². The lowest BCUT2D eigenvalue weighted by Gasteiger charge is -2.20. The fourth-order valence-electron chi connectivity index (χ4n) is 4.16. The Morgan fingerprint density at radius 2 is 1.89 bits per heavy atom. The van der Waals surface area contributed by atoms with Crippen molar-refractivity contribution < 1.29 is 22.6 Å². The number of nitrogens with one attached hydrogen (secondary N) is 1. The van der Waals surface area contributed by atoms with Gasteiger partial charge in [-0.05, 0) is 69.5 Å². The van der Waals surface area contributed by atoms with Gasteiger partial charge in [0.2, 0.25) is 0 Å².